The summed E-state index contributed by atoms with van der Waals surface area (Å²) >= 11 is 0. The fraction of sp³-hybridized carbons (Fsp3) is 0.250. The first-order valence-corrected chi connectivity index (χ1v) is 7.38. The molecule has 3 aromatic rings. The van der Waals surface area contributed by atoms with E-state index in [-0.39, 0.29) is 18.5 Å². The predicted octanol–water partition coefficient (Wildman–Crippen LogP) is 2.00. The minimum atomic E-state index is -0.988. The summed E-state index contributed by atoms with van der Waals surface area (Å²) in [4.78, 5) is 12.8. The second-order valence-electron chi connectivity index (χ2n) is 5.58. The van der Waals surface area contributed by atoms with Gasteiger partial charge in [0.15, 0.2) is 17.2 Å². The molecule has 0 unspecified atom stereocenters. The van der Waals surface area contributed by atoms with Crippen molar-refractivity contribution in [3.63, 3.8) is 0 Å². The number of alkyl halides is 1. The number of benzene rings is 1. The first kappa shape index (κ1) is 14.1. The molecule has 1 aliphatic rings. The van der Waals surface area contributed by atoms with Crippen LogP contribution in [0.3, 0.4) is 0 Å². The standard InChI is InChI=1S/C16H14F2N4O/c17-10-8-13(19-9-10)15-20-21-7-6-12(18)14(21)16(23)22(15)11-4-2-1-3-5-11/h1-7,10,13,19H,8-9H2/t10-,13-/m0/s1. The van der Waals surface area contributed by atoms with E-state index in [0.717, 1.165) is 0 Å². The van der Waals surface area contributed by atoms with Crippen LogP contribution in [0, 0.1) is 5.82 Å². The molecule has 118 valence electrons. The number of para-hydroxylation sites is 1. The van der Waals surface area contributed by atoms with Gasteiger partial charge in [-0.05, 0) is 18.2 Å². The predicted molar refractivity (Wildman–Crippen MR) is 81.0 cm³/mol. The van der Waals surface area contributed by atoms with E-state index in [4.69, 9.17) is 0 Å². The Kier molecular flexibility index (Phi) is 3.23. The van der Waals surface area contributed by atoms with Gasteiger partial charge in [-0.3, -0.25) is 9.36 Å². The van der Waals surface area contributed by atoms with Crippen LogP contribution in [0.2, 0.25) is 0 Å². The zero-order valence-electron chi connectivity index (χ0n) is 12.1. The van der Waals surface area contributed by atoms with Crippen molar-refractivity contribution < 1.29 is 8.78 Å². The van der Waals surface area contributed by atoms with Crippen LogP contribution in [0.1, 0.15) is 18.3 Å². The zero-order valence-corrected chi connectivity index (χ0v) is 12.1. The lowest BCUT2D eigenvalue weighted by Crippen LogP contribution is -2.30. The van der Waals surface area contributed by atoms with Crippen molar-refractivity contribution >= 4 is 5.52 Å². The second kappa shape index (κ2) is 5.27. The van der Waals surface area contributed by atoms with Crippen LogP contribution in [0.15, 0.2) is 47.4 Å². The van der Waals surface area contributed by atoms with Gasteiger partial charge in [-0.1, -0.05) is 18.2 Å². The number of hydrogen-bond donors (Lipinski definition) is 1. The number of nitrogens with zero attached hydrogens (tertiary/aromatic N) is 3. The average Bonchev–Trinajstić information content (AvgIpc) is 3.14. The fourth-order valence-electron chi connectivity index (χ4n) is 2.99. The molecule has 0 amide bonds. The van der Waals surface area contributed by atoms with Crippen molar-refractivity contribution in [1.29, 1.82) is 0 Å². The highest BCUT2D eigenvalue weighted by molar-refractivity contribution is 5.49. The summed E-state index contributed by atoms with van der Waals surface area (Å²) in [5.41, 5.74) is -0.0487. The Balaban J connectivity index is 2.02. The molecule has 0 aliphatic carbocycles. The SMILES string of the molecule is O=c1c2c(F)ccn2nc([C@@H]2C[C@H](F)CN2)n1-c1ccccc1. The van der Waals surface area contributed by atoms with Gasteiger partial charge >= 0.3 is 0 Å². The van der Waals surface area contributed by atoms with Crippen molar-refractivity contribution in [3.8, 4) is 5.69 Å². The first-order chi connectivity index (χ1) is 11.1. The van der Waals surface area contributed by atoms with E-state index in [1.807, 2.05) is 6.07 Å². The quantitative estimate of drug-likeness (QED) is 0.787. The average molecular weight is 316 g/mol. The highest BCUT2D eigenvalue weighted by atomic mass is 19.1. The molecule has 3 heterocycles. The Labute approximate surface area is 130 Å². The van der Waals surface area contributed by atoms with Gasteiger partial charge in [0.25, 0.3) is 5.56 Å². The molecular weight excluding hydrogens is 302 g/mol. The number of fused-ring (bicyclic) bond motifs is 1. The normalized spacial score (nSPS) is 21.1. The summed E-state index contributed by atoms with van der Waals surface area (Å²) in [5.74, 6) is -0.245. The Morgan fingerprint density at radius 1 is 1.22 bits per heavy atom. The van der Waals surface area contributed by atoms with E-state index >= 15 is 0 Å². The van der Waals surface area contributed by atoms with Crippen LogP contribution in [-0.4, -0.2) is 26.9 Å². The van der Waals surface area contributed by atoms with E-state index in [1.54, 1.807) is 24.3 Å². The van der Waals surface area contributed by atoms with Crippen molar-refractivity contribution in [3.05, 3.63) is 64.6 Å². The lowest BCUT2D eigenvalue weighted by atomic mass is 10.2. The van der Waals surface area contributed by atoms with Crippen molar-refractivity contribution in [2.45, 2.75) is 18.6 Å². The minimum absolute atomic E-state index is 0.118. The van der Waals surface area contributed by atoms with Gasteiger partial charge in [0.1, 0.15) is 6.17 Å². The number of hydrogen-bond acceptors (Lipinski definition) is 3. The monoisotopic (exact) mass is 316 g/mol. The number of aromatic nitrogens is 3. The Morgan fingerprint density at radius 2 is 2.00 bits per heavy atom. The van der Waals surface area contributed by atoms with Crippen LogP contribution < -0.4 is 10.9 Å². The molecule has 1 fully saturated rings. The molecule has 7 heteroatoms. The fourth-order valence-corrected chi connectivity index (χ4v) is 2.99. The topological polar surface area (TPSA) is 51.3 Å². The van der Waals surface area contributed by atoms with E-state index in [2.05, 4.69) is 10.4 Å². The summed E-state index contributed by atoms with van der Waals surface area (Å²) in [6.07, 6.45) is 0.639. The van der Waals surface area contributed by atoms with E-state index < -0.39 is 23.6 Å². The molecule has 2 aromatic heterocycles. The maximum Gasteiger partial charge on any atom is 0.285 e. The Hall–Kier alpha value is -2.54. The van der Waals surface area contributed by atoms with Gasteiger partial charge in [0.2, 0.25) is 0 Å². The molecule has 23 heavy (non-hydrogen) atoms. The summed E-state index contributed by atoms with van der Waals surface area (Å²) in [6.45, 7) is 0.216. The number of rotatable bonds is 2. The molecule has 5 nitrogen and oxygen atoms in total. The molecule has 0 spiro atoms. The highest BCUT2D eigenvalue weighted by Crippen LogP contribution is 2.25. The largest absolute Gasteiger partial charge is 0.304 e. The summed E-state index contributed by atoms with van der Waals surface area (Å²) in [7, 11) is 0. The van der Waals surface area contributed by atoms with Gasteiger partial charge in [-0.2, -0.15) is 5.10 Å². The summed E-state index contributed by atoms with van der Waals surface area (Å²) < 4.78 is 30.1. The van der Waals surface area contributed by atoms with Gasteiger partial charge in [-0.15, -0.1) is 0 Å². The molecule has 0 bridgehead atoms. The van der Waals surface area contributed by atoms with Gasteiger partial charge in [0.05, 0.1) is 11.7 Å². The third kappa shape index (κ3) is 2.24. The van der Waals surface area contributed by atoms with E-state index in [0.29, 0.717) is 11.5 Å². The van der Waals surface area contributed by atoms with Crippen LogP contribution >= 0.6 is 0 Å². The minimum Gasteiger partial charge on any atom is -0.304 e. The molecule has 1 saturated heterocycles. The molecule has 4 rings (SSSR count). The third-order valence-corrected chi connectivity index (χ3v) is 4.07. The van der Waals surface area contributed by atoms with Crippen molar-refractivity contribution in [1.82, 2.24) is 19.5 Å². The number of halogens is 2. The molecule has 0 saturated carbocycles. The van der Waals surface area contributed by atoms with Gasteiger partial charge < -0.3 is 5.32 Å². The third-order valence-electron chi connectivity index (χ3n) is 4.07. The summed E-state index contributed by atoms with van der Waals surface area (Å²) in [6, 6.07) is 9.67. The number of nitrogens with one attached hydrogen (secondary N) is 1. The summed E-state index contributed by atoms with van der Waals surface area (Å²) in [5, 5.41) is 7.39. The van der Waals surface area contributed by atoms with Crippen molar-refractivity contribution in [2.75, 3.05) is 6.54 Å². The molecule has 1 aliphatic heterocycles. The zero-order chi connectivity index (χ0) is 16.0. The molecular formula is C16H14F2N4O. The van der Waals surface area contributed by atoms with Crippen LogP contribution in [-0.2, 0) is 0 Å². The maximum absolute atomic E-state index is 13.9. The lowest BCUT2D eigenvalue weighted by molar-refractivity contribution is 0.354. The molecule has 0 radical (unpaired) electrons. The van der Waals surface area contributed by atoms with Gasteiger partial charge in [-0.25, -0.2) is 13.3 Å². The molecule has 1 aromatic carbocycles. The van der Waals surface area contributed by atoms with Crippen LogP contribution in [0.5, 0.6) is 0 Å². The highest BCUT2D eigenvalue weighted by Gasteiger charge is 2.30. The Morgan fingerprint density at radius 3 is 2.70 bits per heavy atom. The van der Waals surface area contributed by atoms with E-state index in [9.17, 15) is 13.6 Å². The smallest absolute Gasteiger partial charge is 0.285 e. The van der Waals surface area contributed by atoms with Crippen molar-refractivity contribution in [2.24, 2.45) is 0 Å². The second-order valence-corrected chi connectivity index (χ2v) is 5.58. The molecule has 1 N–H and O–H groups in total. The maximum atomic E-state index is 13.9. The van der Waals surface area contributed by atoms with Crippen LogP contribution in [0.4, 0.5) is 8.78 Å². The molecule has 2 atom stereocenters. The van der Waals surface area contributed by atoms with Gasteiger partial charge in [0, 0.05) is 19.2 Å². The van der Waals surface area contributed by atoms with E-state index in [1.165, 1.54) is 21.3 Å². The van der Waals surface area contributed by atoms with Crippen LogP contribution in [0.25, 0.3) is 11.2 Å². The lowest BCUT2D eigenvalue weighted by Gasteiger charge is -2.17. The first-order valence-electron chi connectivity index (χ1n) is 7.38. The Bertz CT molecular complexity index is 919.